The van der Waals surface area contributed by atoms with Gasteiger partial charge in [0.05, 0.1) is 28.6 Å². The van der Waals surface area contributed by atoms with E-state index in [9.17, 15) is 5.26 Å². The van der Waals surface area contributed by atoms with Crippen molar-refractivity contribution in [3.05, 3.63) is 138 Å². The third-order valence-corrected chi connectivity index (χ3v) is 8.56. The van der Waals surface area contributed by atoms with Crippen LogP contribution in [0.2, 0.25) is 0 Å². The van der Waals surface area contributed by atoms with E-state index in [2.05, 4.69) is 111 Å². The lowest BCUT2D eigenvalue weighted by atomic mass is 10.0. The van der Waals surface area contributed by atoms with E-state index in [1.54, 1.807) is 6.07 Å². The van der Waals surface area contributed by atoms with Gasteiger partial charge in [-0.2, -0.15) is 5.26 Å². The second kappa shape index (κ2) is 8.60. The SMILES string of the molecule is [C-]#[N+]c1cccc2c1oc1c(C#N)c3c(cc12)c1ccccc1n3-c1cccc(-n2c3ccccc3c3ccccc32)c1. The Morgan fingerprint density at radius 3 is 1.77 bits per heavy atom. The number of fused-ring (bicyclic) bond motifs is 9. The predicted molar refractivity (Wildman–Crippen MR) is 173 cm³/mol. The van der Waals surface area contributed by atoms with Gasteiger partial charge in [-0.3, -0.25) is 0 Å². The Kier molecular flexibility index (Phi) is 4.68. The van der Waals surface area contributed by atoms with Crippen LogP contribution in [0, 0.1) is 17.9 Å². The Balaban J connectivity index is 1.40. The lowest BCUT2D eigenvalue weighted by Crippen LogP contribution is -1.99. The number of hydrogen-bond acceptors (Lipinski definition) is 2. The summed E-state index contributed by atoms with van der Waals surface area (Å²) in [6, 6.07) is 43.9. The number of rotatable bonds is 2. The van der Waals surface area contributed by atoms with Crippen molar-refractivity contribution < 1.29 is 4.42 Å². The predicted octanol–water partition coefficient (Wildman–Crippen LogP) is 10.2. The van der Waals surface area contributed by atoms with Crippen LogP contribution < -0.4 is 0 Å². The highest BCUT2D eigenvalue weighted by atomic mass is 16.3. The van der Waals surface area contributed by atoms with Gasteiger partial charge in [-0.1, -0.05) is 78.9 Å². The van der Waals surface area contributed by atoms with Gasteiger partial charge in [0.2, 0.25) is 5.69 Å². The molecule has 0 amide bonds. The topological polar surface area (TPSA) is 51.1 Å². The van der Waals surface area contributed by atoms with Gasteiger partial charge in [-0.25, -0.2) is 4.85 Å². The molecule has 0 N–H and O–H groups in total. The van der Waals surface area contributed by atoms with E-state index in [0.29, 0.717) is 22.4 Å². The third kappa shape index (κ3) is 3.08. The van der Waals surface area contributed by atoms with Gasteiger partial charge in [0.15, 0.2) is 5.58 Å². The minimum atomic E-state index is 0.439. The number of nitrogens with zero attached hydrogens (tertiary/aromatic N) is 4. The summed E-state index contributed by atoms with van der Waals surface area (Å²) in [5, 5.41) is 16.7. The zero-order chi connectivity index (χ0) is 28.7. The lowest BCUT2D eigenvalue weighted by molar-refractivity contribution is 0.670. The van der Waals surface area contributed by atoms with Crippen LogP contribution in [-0.2, 0) is 0 Å². The molecule has 5 nitrogen and oxygen atoms in total. The second-order valence-corrected chi connectivity index (χ2v) is 10.7. The Bertz CT molecular complexity index is 2650. The first kappa shape index (κ1) is 23.4. The molecular weight excluding hydrogens is 528 g/mol. The minimum absolute atomic E-state index is 0.439. The Labute approximate surface area is 245 Å². The molecule has 0 saturated carbocycles. The summed E-state index contributed by atoms with van der Waals surface area (Å²) < 4.78 is 10.8. The largest absolute Gasteiger partial charge is 0.466 e. The third-order valence-electron chi connectivity index (χ3n) is 8.56. The Morgan fingerprint density at radius 2 is 1.12 bits per heavy atom. The summed E-state index contributed by atoms with van der Waals surface area (Å²) in [4.78, 5) is 3.66. The molecule has 3 aromatic heterocycles. The van der Waals surface area contributed by atoms with Gasteiger partial charge in [-0.05, 0) is 42.5 Å². The van der Waals surface area contributed by atoms with Crippen molar-refractivity contribution in [1.29, 1.82) is 5.26 Å². The smallest absolute Gasteiger partial charge is 0.229 e. The molecule has 0 bridgehead atoms. The molecule has 0 unspecified atom stereocenters. The van der Waals surface area contributed by atoms with E-state index >= 15 is 0 Å². The zero-order valence-corrected chi connectivity index (χ0v) is 22.7. The van der Waals surface area contributed by atoms with Gasteiger partial charge < -0.3 is 13.6 Å². The summed E-state index contributed by atoms with van der Waals surface area (Å²) in [6.45, 7) is 7.64. The van der Waals surface area contributed by atoms with E-state index in [4.69, 9.17) is 11.0 Å². The molecule has 0 saturated heterocycles. The van der Waals surface area contributed by atoms with E-state index in [1.165, 1.54) is 10.8 Å². The molecule has 9 rings (SSSR count). The highest BCUT2D eigenvalue weighted by Crippen LogP contribution is 2.43. The van der Waals surface area contributed by atoms with Crippen LogP contribution in [0.4, 0.5) is 5.69 Å². The molecular formula is C38H20N4O. The first-order chi connectivity index (χ1) is 21.3. The molecule has 5 heteroatoms. The maximum Gasteiger partial charge on any atom is 0.229 e. The highest BCUT2D eigenvalue weighted by molar-refractivity contribution is 6.21. The van der Waals surface area contributed by atoms with Crippen LogP contribution in [0.25, 0.3) is 81.8 Å². The van der Waals surface area contributed by atoms with Gasteiger partial charge >= 0.3 is 0 Å². The Hall–Kier alpha value is -6.30. The fraction of sp³-hybridized carbons (Fsp3) is 0. The summed E-state index contributed by atoms with van der Waals surface area (Å²) in [5.41, 5.74) is 7.97. The van der Waals surface area contributed by atoms with E-state index in [0.717, 1.165) is 55.0 Å². The molecule has 0 fully saturated rings. The van der Waals surface area contributed by atoms with Gasteiger partial charge in [-0.15, -0.1) is 0 Å². The minimum Gasteiger partial charge on any atom is -0.466 e. The van der Waals surface area contributed by atoms with E-state index in [1.807, 2.05) is 24.3 Å². The summed E-state index contributed by atoms with van der Waals surface area (Å²) in [6.07, 6.45) is 0. The van der Waals surface area contributed by atoms with Crippen molar-refractivity contribution in [2.24, 2.45) is 0 Å². The van der Waals surface area contributed by atoms with Crippen LogP contribution in [0.3, 0.4) is 0 Å². The van der Waals surface area contributed by atoms with Crippen molar-refractivity contribution >= 4 is 71.2 Å². The maximum absolute atomic E-state index is 10.6. The number of para-hydroxylation sites is 4. The second-order valence-electron chi connectivity index (χ2n) is 10.7. The summed E-state index contributed by atoms with van der Waals surface area (Å²) in [7, 11) is 0. The fourth-order valence-corrected chi connectivity index (χ4v) is 6.79. The van der Waals surface area contributed by atoms with Crippen molar-refractivity contribution in [3.8, 4) is 17.4 Å². The standard InChI is InChI=1S/C38H20N4O/c1-40-32-16-9-15-28-30-21-29-27-14-4-7-19-35(27)42(36(29)31(22-39)37(30)43-38(28)32)24-11-8-10-23(20-24)41-33-17-5-2-12-25(33)26-13-3-6-18-34(26)41/h2-21H. The molecule has 0 aliphatic carbocycles. The van der Waals surface area contributed by atoms with Crippen LogP contribution >= 0.6 is 0 Å². The number of nitriles is 1. The first-order valence-electron chi connectivity index (χ1n) is 14.0. The number of benzene rings is 6. The van der Waals surface area contributed by atoms with Crippen LogP contribution in [-0.4, -0.2) is 9.13 Å². The van der Waals surface area contributed by atoms with Crippen molar-refractivity contribution in [2.45, 2.75) is 0 Å². The molecule has 0 radical (unpaired) electrons. The van der Waals surface area contributed by atoms with Crippen molar-refractivity contribution in [2.75, 3.05) is 0 Å². The van der Waals surface area contributed by atoms with Crippen LogP contribution in [0.1, 0.15) is 5.56 Å². The average Bonchev–Trinajstić information content (AvgIpc) is 3.71. The van der Waals surface area contributed by atoms with Crippen LogP contribution in [0.15, 0.2) is 126 Å². The van der Waals surface area contributed by atoms with Gasteiger partial charge in [0.1, 0.15) is 17.2 Å². The summed E-state index contributed by atoms with van der Waals surface area (Å²) >= 11 is 0. The molecule has 0 atom stereocenters. The monoisotopic (exact) mass is 548 g/mol. The average molecular weight is 549 g/mol. The highest BCUT2D eigenvalue weighted by Gasteiger charge is 2.23. The summed E-state index contributed by atoms with van der Waals surface area (Å²) in [5.74, 6) is 0. The van der Waals surface area contributed by atoms with E-state index in [-0.39, 0.29) is 0 Å². The normalized spacial score (nSPS) is 11.7. The first-order valence-corrected chi connectivity index (χ1v) is 14.0. The number of hydrogen-bond donors (Lipinski definition) is 0. The molecule has 6 aromatic carbocycles. The lowest BCUT2D eigenvalue weighted by Gasteiger charge is -2.13. The molecule has 43 heavy (non-hydrogen) atoms. The van der Waals surface area contributed by atoms with Crippen molar-refractivity contribution in [3.63, 3.8) is 0 Å². The molecule has 3 heterocycles. The molecule has 0 spiro atoms. The number of aromatic nitrogens is 2. The van der Waals surface area contributed by atoms with Crippen LogP contribution in [0.5, 0.6) is 0 Å². The molecule has 198 valence electrons. The number of furan rings is 1. The fourth-order valence-electron chi connectivity index (χ4n) is 6.79. The maximum atomic E-state index is 10.6. The molecule has 0 aliphatic heterocycles. The van der Waals surface area contributed by atoms with E-state index < -0.39 is 0 Å². The van der Waals surface area contributed by atoms with Gasteiger partial charge in [0, 0.05) is 43.7 Å². The zero-order valence-electron chi connectivity index (χ0n) is 22.7. The quantitative estimate of drug-likeness (QED) is 0.202. The molecule has 0 aliphatic rings. The van der Waals surface area contributed by atoms with Gasteiger partial charge in [0.25, 0.3) is 0 Å². The van der Waals surface area contributed by atoms with Crippen molar-refractivity contribution in [1.82, 2.24) is 9.13 Å². The Morgan fingerprint density at radius 1 is 0.558 bits per heavy atom. The molecule has 9 aromatic rings.